The summed E-state index contributed by atoms with van der Waals surface area (Å²) in [7, 11) is 0. The zero-order chi connectivity index (χ0) is 18.1. The molecule has 0 aliphatic heterocycles. The summed E-state index contributed by atoms with van der Waals surface area (Å²) >= 11 is 6.99. The second kappa shape index (κ2) is 6.81. The maximum absolute atomic E-state index is 12.1. The molecule has 26 heavy (non-hydrogen) atoms. The molecule has 132 valence electrons. The molecule has 0 unspecified atom stereocenters. The lowest BCUT2D eigenvalue weighted by molar-refractivity contribution is 0.102. The fraction of sp³-hybridized carbons (Fsp3) is 0.118. The summed E-state index contributed by atoms with van der Waals surface area (Å²) in [4.78, 5) is 12.5. The number of nitrogens with zero attached hydrogens (tertiary/aromatic N) is 2. The van der Waals surface area contributed by atoms with E-state index in [0.717, 1.165) is 16.7 Å². The number of para-hydroxylation sites is 1. The number of fused-ring (bicyclic) bond motifs is 1. The number of benzene rings is 1. The molecule has 0 spiro atoms. The lowest BCUT2D eigenvalue weighted by Crippen LogP contribution is -2.10. The molecule has 0 aliphatic rings. The van der Waals surface area contributed by atoms with Crippen molar-refractivity contribution in [2.24, 2.45) is 0 Å². The van der Waals surface area contributed by atoms with Gasteiger partial charge < -0.3 is 13.6 Å². The van der Waals surface area contributed by atoms with Crippen LogP contribution >= 0.6 is 22.9 Å². The summed E-state index contributed by atoms with van der Waals surface area (Å²) in [5, 5.41) is 11.1. The quantitative estimate of drug-likeness (QED) is 0.524. The zero-order valence-corrected chi connectivity index (χ0v) is 15.1. The summed E-state index contributed by atoms with van der Waals surface area (Å²) in [6.07, 6.45) is 0. The minimum Gasteiger partial charge on any atom is -0.490 e. The topological polar surface area (TPSA) is 90.4 Å². The van der Waals surface area contributed by atoms with E-state index in [2.05, 4.69) is 15.5 Å². The van der Waals surface area contributed by atoms with Crippen LogP contribution in [0.3, 0.4) is 0 Å². The number of hydrogen-bond acceptors (Lipinski definition) is 7. The number of ether oxygens (including phenoxy) is 1. The fourth-order valence-electron chi connectivity index (χ4n) is 2.38. The van der Waals surface area contributed by atoms with Crippen LogP contribution in [0.1, 0.15) is 16.6 Å². The molecule has 0 bridgehead atoms. The number of thiophene rings is 1. The van der Waals surface area contributed by atoms with Crippen molar-refractivity contribution in [2.45, 2.75) is 6.92 Å². The van der Waals surface area contributed by atoms with E-state index in [1.807, 2.05) is 25.1 Å². The van der Waals surface area contributed by atoms with Crippen LogP contribution in [0.2, 0.25) is 4.34 Å². The highest BCUT2D eigenvalue weighted by Crippen LogP contribution is 2.33. The number of amides is 1. The standard InChI is InChI=1S/C17H12ClN3O4S/c1-2-23-10-5-3-4-9-8-11(24-14(9)10)16-20-21-17(25-16)19-15(22)12-6-7-13(18)26-12/h3-8H,2H2,1H3,(H,19,21,22). The van der Waals surface area contributed by atoms with Crippen LogP contribution in [0.5, 0.6) is 5.75 Å². The Morgan fingerprint density at radius 2 is 2.15 bits per heavy atom. The third kappa shape index (κ3) is 3.16. The maximum atomic E-state index is 12.1. The predicted octanol–water partition coefficient (Wildman–Crippen LogP) is 4.85. The first kappa shape index (κ1) is 16.6. The highest BCUT2D eigenvalue weighted by Gasteiger charge is 2.18. The number of nitrogens with one attached hydrogen (secondary N) is 1. The van der Waals surface area contributed by atoms with E-state index < -0.39 is 0 Å². The molecule has 0 fully saturated rings. The van der Waals surface area contributed by atoms with Gasteiger partial charge in [0.05, 0.1) is 15.8 Å². The Kier molecular flexibility index (Phi) is 4.36. The van der Waals surface area contributed by atoms with E-state index in [-0.39, 0.29) is 17.8 Å². The smallest absolute Gasteiger partial charge is 0.322 e. The molecule has 0 radical (unpaired) electrons. The van der Waals surface area contributed by atoms with Gasteiger partial charge in [-0.15, -0.1) is 16.4 Å². The van der Waals surface area contributed by atoms with Crippen molar-refractivity contribution in [3.8, 4) is 17.4 Å². The number of anilines is 1. The van der Waals surface area contributed by atoms with Gasteiger partial charge >= 0.3 is 6.01 Å². The Hall–Kier alpha value is -2.84. The molecule has 1 N–H and O–H groups in total. The number of hydrogen-bond donors (Lipinski definition) is 1. The second-order valence-corrected chi connectivity index (χ2v) is 6.90. The van der Waals surface area contributed by atoms with E-state index in [1.165, 1.54) is 0 Å². The van der Waals surface area contributed by atoms with Crippen molar-refractivity contribution >= 4 is 45.8 Å². The summed E-state index contributed by atoms with van der Waals surface area (Å²) in [6, 6.07) is 10.6. The molecular formula is C17H12ClN3O4S. The Morgan fingerprint density at radius 3 is 2.92 bits per heavy atom. The van der Waals surface area contributed by atoms with Crippen molar-refractivity contribution in [1.82, 2.24) is 10.2 Å². The molecule has 4 aromatic rings. The van der Waals surface area contributed by atoms with Crippen LogP contribution in [0, 0.1) is 0 Å². The van der Waals surface area contributed by atoms with Gasteiger partial charge in [-0.3, -0.25) is 10.1 Å². The molecule has 1 aromatic carbocycles. The van der Waals surface area contributed by atoms with Crippen LogP contribution in [-0.4, -0.2) is 22.7 Å². The minimum atomic E-state index is -0.375. The number of aromatic nitrogens is 2. The van der Waals surface area contributed by atoms with Gasteiger partial charge in [0.1, 0.15) is 0 Å². The minimum absolute atomic E-state index is 0.0278. The van der Waals surface area contributed by atoms with Crippen molar-refractivity contribution < 1.29 is 18.4 Å². The number of carbonyl (C=O) groups excluding carboxylic acids is 1. The van der Waals surface area contributed by atoms with E-state index >= 15 is 0 Å². The van der Waals surface area contributed by atoms with E-state index in [4.69, 9.17) is 25.2 Å². The molecule has 0 atom stereocenters. The van der Waals surface area contributed by atoms with Crippen molar-refractivity contribution in [3.05, 3.63) is 45.6 Å². The monoisotopic (exact) mass is 389 g/mol. The first-order valence-electron chi connectivity index (χ1n) is 7.70. The number of carbonyl (C=O) groups is 1. The lowest BCUT2D eigenvalue weighted by atomic mass is 10.2. The van der Waals surface area contributed by atoms with Gasteiger partial charge in [-0.05, 0) is 31.2 Å². The van der Waals surface area contributed by atoms with E-state index in [1.54, 1.807) is 18.2 Å². The first-order valence-corrected chi connectivity index (χ1v) is 8.89. The zero-order valence-electron chi connectivity index (χ0n) is 13.5. The highest BCUT2D eigenvalue weighted by molar-refractivity contribution is 7.18. The van der Waals surface area contributed by atoms with Crippen LogP contribution in [0.4, 0.5) is 6.01 Å². The van der Waals surface area contributed by atoms with Crippen molar-refractivity contribution in [1.29, 1.82) is 0 Å². The largest absolute Gasteiger partial charge is 0.490 e. The third-order valence-corrected chi connectivity index (χ3v) is 4.69. The van der Waals surface area contributed by atoms with Gasteiger partial charge in [0.25, 0.3) is 11.8 Å². The molecular weight excluding hydrogens is 378 g/mol. The van der Waals surface area contributed by atoms with Gasteiger partial charge in [0.15, 0.2) is 17.1 Å². The van der Waals surface area contributed by atoms with Crippen molar-refractivity contribution in [3.63, 3.8) is 0 Å². The predicted molar refractivity (Wildman–Crippen MR) is 98.0 cm³/mol. The van der Waals surface area contributed by atoms with Crippen LogP contribution < -0.4 is 10.1 Å². The van der Waals surface area contributed by atoms with Gasteiger partial charge in [-0.25, -0.2) is 0 Å². The van der Waals surface area contributed by atoms with Gasteiger partial charge in [0, 0.05) is 5.39 Å². The maximum Gasteiger partial charge on any atom is 0.322 e. The Balaban J connectivity index is 1.59. The van der Waals surface area contributed by atoms with Gasteiger partial charge in [0.2, 0.25) is 0 Å². The number of halogens is 1. The average molecular weight is 390 g/mol. The fourth-order valence-corrected chi connectivity index (χ4v) is 3.32. The van der Waals surface area contributed by atoms with Crippen LogP contribution in [0.25, 0.3) is 22.6 Å². The van der Waals surface area contributed by atoms with Crippen molar-refractivity contribution in [2.75, 3.05) is 11.9 Å². The molecule has 1 amide bonds. The summed E-state index contributed by atoms with van der Waals surface area (Å²) in [6.45, 7) is 2.43. The Bertz CT molecular complexity index is 1080. The highest BCUT2D eigenvalue weighted by atomic mass is 35.5. The summed E-state index contributed by atoms with van der Waals surface area (Å²) in [5.74, 6) is 0.807. The first-order chi connectivity index (χ1) is 12.6. The Morgan fingerprint density at radius 1 is 1.27 bits per heavy atom. The SMILES string of the molecule is CCOc1cccc2cc(-c3nnc(NC(=O)c4ccc(Cl)s4)o3)oc12. The normalized spacial score (nSPS) is 11.0. The van der Waals surface area contributed by atoms with Gasteiger partial charge in [-0.1, -0.05) is 28.8 Å². The van der Waals surface area contributed by atoms with Crippen LogP contribution in [0.15, 0.2) is 45.2 Å². The molecule has 0 saturated heterocycles. The molecule has 3 aromatic heterocycles. The molecule has 7 nitrogen and oxygen atoms in total. The number of furan rings is 1. The molecule has 4 rings (SSSR count). The van der Waals surface area contributed by atoms with E-state index in [0.29, 0.717) is 32.9 Å². The lowest BCUT2D eigenvalue weighted by Gasteiger charge is -2.01. The Labute approximate surface area is 156 Å². The van der Waals surface area contributed by atoms with Crippen LogP contribution in [-0.2, 0) is 0 Å². The second-order valence-electron chi connectivity index (χ2n) is 5.19. The van der Waals surface area contributed by atoms with Gasteiger partial charge in [-0.2, -0.15) is 0 Å². The average Bonchev–Trinajstić information content (AvgIpc) is 3.34. The molecule has 0 aliphatic carbocycles. The molecule has 3 heterocycles. The van der Waals surface area contributed by atoms with E-state index in [9.17, 15) is 4.79 Å². The molecule has 0 saturated carbocycles. The summed E-state index contributed by atoms with van der Waals surface area (Å²) < 4.78 is 17.3. The third-order valence-electron chi connectivity index (χ3n) is 3.46. The molecule has 9 heteroatoms. The number of rotatable bonds is 5. The summed E-state index contributed by atoms with van der Waals surface area (Å²) in [5.41, 5.74) is 0.598.